The van der Waals surface area contributed by atoms with E-state index in [-0.39, 0.29) is 11.7 Å². The van der Waals surface area contributed by atoms with Crippen molar-refractivity contribution in [3.8, 4) is 0 Å². The summed E-state index contributed by atoms with van der Waals surface area (Å²) in [5.74, 6) is 0. The van der Waals surface area contributed by atoms with Gasteiger partial charge in [-0.05, 0) is 49.3 Å². The average molecular weight is 293 g/mol. The Morgan fingerprint density at radius 2 is 2.35 bits per heavy atom. The van der Waals surface area contributed by atoms with Gasteiger partial charge in [-0.2, -0.15) is 0 Å². The van der Waals surface area contributed by atoms with Gasteiger partial charge in [-0.15, -0.1) is 5.10 Å². The van der Waals surface area contributed by atoms with Crippen molar-refractivity contribution in [3.05, 3.63) is 34.4 Å². The number of aromatic nitrogens is 4. The van der Waals surface area contributed by atoms with Crippen LogP contribution in [0.4, 0.5) is 0 Å². The fourth-order valence-electron chi connectivity index (χ4n) is 1.75. The van der Waals surface area contributed by atoms with Gasteiger partial charge in [0, 0.05) is 19.3 Å². The highest BCUT2D eigenvalue weighted by atomic mass is 32.2. The molecule has 108 valence electrons. The molecule has 2 aromatic heterocycles. The molecule has 0 saturated heterocycles. The Morgan fingerprint density at radius 3 is 3.00 bits per heavy atom. The molecule has 0 fully saturated rings. The standard InChI is InChI=1S/C13H19N5OS/c1-4-6-14-9(2)10-5-7-15-11(8-10)20-13-17-16-12(19)18(13)3/h5,7-9,14H,4,6H2,1-3H3,(H,16,19). The molecule has 0 aliphatic heterocycles. The van der Waals surface area contributed by atoms with E-state index in [4.69, 9.17) is 0 Å². The topological polar surface area (TPSA) is 75.6 Å². The van der Waals surface area contributed by atoms with E-state index in [2.05, 4.69) is 34.3 Å². The first-order chi connectivity index (χ1) is 9.61. The molecular weight excluding hydrogens is 274 g/mol. The van der Waals surface area contributed by atoms with Gasteiger partial charge in [-0.1, -0.05) is 6.92 Å². The molecule has 0 amide bonds. The fraction of sp³-hybridized carbons (Fsp3) is 0.462. The molecule has 1 unspecified atom stereocenters. The first kappa shape index (κ1) is 14.8. The van der Waals surface area contributed by atoms with Crippen LogP contribution in [0.1, 0.15) is 31.9 Å². The number of hydrogen-bond donors (Lipinski definition) is 2. The first-order valence-electron chi connectivity index (χ1n) is 6.60. The summed E-state index contributed by atoms with van der Waals surface area (Å²) in [6.45, 7) is 5.26. The first-order valence-corrected chi connectivity index (χ1v) is 7.42. The number of nitrogens with one attached hydrogen (secondary N) is 2. The summed E-state index contributed by atoms with van der Waals surface area (Å²) < 4.78 is 1.47. The van der Waals surface area contributed by atoms with Crippen LogP contribution >= 0.6 is 11.8 Å². The molecule has 20 heavy (non-hydrogen) atoms. The zero-order valence-electron chi connectivity index (χ0n) is 11.9. The molecule has 0 spiro atoms. The summed E-state index contributed by atoms with van der Waals surface area (Å²) in [5.41, 5.74) is 0.957. The van der Waals surface area contributed by atoms with Crippen LogP contribution in [0, 0.1) is 0 Å². The zero-order chi connectivity index (χ0) is 14.5. The highest BCUT2D eigenvalue weighted by Crippen LogP contribution is 2.24. The summed E-state index contributed by atoms with van der Waals surface area (Å²) in [6, 6.07) is 4.30. The maximum Gasteiger partial charge on any atom is 0.343 e. The van der Waals surface area contributed by atoms with E-state index in [1.54, 1.807) is 13.2 Å². The fourth-order valence-corrected chi connectivity index (χ4v) is 2.55. The smallest absolute Gasteiger partial charge is 0.310 e. The number of aromatic amines is 1. The number of pyridine rings is 1. The molecule has 6 nitrogen and oxygen atoms in total. The molecule has 0 aliphatic rings. The Balaban J connectivity index is 2.13. The lowest BCUT2D eigenvalue weighted by Gasteiger charge is -2.13. The van der Waals surface area contributed by atoms with Gasteiger partial charge in [0.2, 0.25) is 0 Å². The van der Waals surface area contributed by atoms with Gasteiger partial charge in [0.15, 0.2) is 5.16 Å². The predicted octanol–water partition coefficient (Wildman–Crippen LogP) is 1.72. The van der Waals surface area contributed by atoms with Crippen LogP contribution in [-0.4, -0.2) is 26.3 Å². The van der Waals surface area contributed by atoms with Crippen LogP contribution in [0.5, 0.6) is 0 Å². The van der Waals surface area contributed by atoms with Crippen molar-refractivity contribution in [1.29, 1.82) is 0 Å². The van der Waals surface area contributed by atoms with Crippen LogP contribution in [0.25, 0.3) is 0 Å². The minimum absolute atomic E-state index is 0.221. The second-order valence-electron chi connectivity index (χ2n) is 4.58. The Hall–Kier alpha value is -1.60. The van der Waals surface area contributed by atoms with E-state index >= 15 is 0 Å². The maximum absolute atomic E-state index is 11.3. The molecule has 0 aliphatic carbocycles. The molecule has 2 heterocycles. The third-order valence-electron chi connectivity index (χ3n) is 2.99. The van der Waals surface area contributed by atoms with Crippen molar-refractivity contribution in [1.82, 2.24) is 25.1 Å². The average Bonchev–Trinajstić information content (AvgIpc) is 2.77. The summed E-state index contributed by atoms with van der Waals surface area (Å²) in [7, 11) is 1.68. The molecule has 2 N–H and O–H groups in total. The van der Waals surface area contributed by atoms with Gasteiger partial charge in [0.05, 0.1) is 0 Å². The summed E-state index contributed by atoms with van der Waals surface area (Å²) in [5, 5.41) is 11.3. The minimum Gasteiger partial charge on any atom is -0.310 e. The highest BCUT2D eigenvalue weighted by molar-refractivity contribution is 7.99. The molecule has 0 saturated carbocycles. The van der Waals surface area contributed by atoms with Crippen molar-refractivity contribution < 1.29 is 0 Å². The number of rotatable bonds is 6. The van der Waals surface area contributed by atoms with Crippen molar-refractivity contribution in [2.75, 3.05) is 6.54 Å². The van der Waals surface area contributed by atoms with Crippen LogP contribution in [0.2, 0.25) is 0 Å². The maximum atomic E-state index is 11.3. The van der Waals surface area contributed by atoms with E-state index in [0.717, 1.165) is 18.0 Å². The van der Waals surface area contributed by atoms with E-state index in [1.807, 2.05) is 12.1 Å². The molecule has 0 aromatic carbocycles. The molecular formula is C13H19N5OS. The third-order valence-corrected chi connectivity index (χ3v) is 3.97. The second-order valence-corrected chi connectivity index (χ2v) is 5.56. The zero-order valence-corrected chi connectivity index (χ0v) is 12.7. The molecule has 2 rings (SSSR count). The summed E-state index contributed by atoms with van der Waals surface area (Å²) in [4.78, 5) is 15.6. The quantitative estimate of drug-likeness (QED) is 0.848. The second kappa shape index (κ2) is 6.71. The lowest BCUT2D eigenvalue weighted by Crippen LogP contribution is -2.19. The van der Waals surface area contributed by atoms with Gasteiger partial charge >= 0.3 is 5.69 Å². The largest absolute Gasteiger partial charge is 0.343 e. The van der Waals surface area contributed by atoms with E-state index < -0.39 is 0 Å². The molecule has 2 aromatic rings. The van der Waals surface area contributed by atoms with Crippen molar-refractivity contribution in [2.24, 2.45) is 7.05 Å². The lowest BCUT2D eigenvalue weighted by molar-refractivity contribution is 0.569. The van der Waals surface area contributed by atoms with Crippen LogP contribution in [-0.2, 0) is 7.05 Å². The van der Waals surface area contributed by atoms with E-state index in [9.17, 15) is 4.79 Å². The van der Waals surface area contributed by atoms with E-state index in [1.165, 1.54) is 21.9 Å². The van der Waals surface area contributed by atoms with Crippen LogP contribution < -0.4 is 11.0 Å². The van der Waals surface area contributed by atoms with Gasteiger partial charge in [0.25, 0.3) is 0 Å². The lowest BCUT2D eigenvalue weighted by atomic mass is 10.1. The Labute approximate surface area is 122 Å². The third kappa shape index (κ3) is 3.49. The number of H-pyrrole nitrogens is 1. The Morgan fingerprint density at radius 1 is 1.55 bits per heavy atom. The summed E-state index contributed by atoms with van der Waals surface area (Å²) >= 11 is 1.37. The Kier molecular flexibility index (Phi) is 4.97. The highest BCUT2D eigenvalue weighted by Gasteiger charge is 2.10. The van der Waals surface area contributed by atoms with Crippen molar-refractivity contribution in [2.45, 2.75) is 36.5 Å². The normalized spacial score (nSPS) is 12.6. The minimum atomic E-state index is -0.221. The van der Waals surface area contributed by atoms with Gasteiger partial charge < -0.3 is 5.32 Å². The molecule has 0 radical (unpaired) electrons. The monoisotopic (exact) mass is 293 g/mol. The van der Waals surface area contributed by atoms with Crippen molar-refractivity contribution >= 4 is 11.8 Å². The predicted molar refractivity (Wildman–Crippen MR) is 78.9 cm³/mol. The SMILES string of the molecule is CCCNC(C)c1ccnc(Sc2n[nH]c(=O)n2C)c1. The molecule has 7 heteroatoms. The Bertz CT molecular complexity index is 621. The van der Waals surface area contributed by atoms with Gasteiger partial charge in [0.1, 0.15) is 5.03 Å². The van der Waals surface area contributed by atoms with Gasteiger partial charge in [-0.25, -0.2) is 14.9 Å². The van der Waals surface area contributed by atoms with E-state index in [0.29, 0.717) is 5.16 Å². The molecule has 1 atom stereocenters. The van der Waals surface area contributed by atoms with Crippen LogP contribution in [0.3, 0.4) is 0 Å². The number of nitrogens with zero attached hydrogens (tertiary/aromatic N) is 3. The van der Waals surface area contributed by atoms with Crippen molar-refractivity contribution in [3.63, 3.8) is 0 Å². The molecule has 0 bridgehead atoms. The summed E-state index contributed by atoms with van der Waals surface area (Å²) in [6.07, 6.45) is 2.89. The van der Waals surface area contributed by atoms with Gasteiger partial charge in [-0.3, -0.25) is 4.57 Å². The van der Waals surface area contributed by atoms with Crippen LogP contribution in [0.15, 0.2) is 33.3 Å². The number of hydrogen-bond acceptors (Lipinski definition) is 5.